The van der Waals surface area contributed by atoms with Crippen LogP contribution in [0, 0.1) is 5.82 Å². The number of fused-ring (bicyclic) bond motifs is 2. The number of aromatic nitrogens is 2. The van der Waals surface area contributed by atoms with Gasteiger partial charge >= 0.3 is 5.97 Å². The lowest BCUT2D eigenvalue weighted by molar-refractivity contribution is 0.0600. The minimum Gasteiger partial charge on any atom is -0.465 e. The van der Waals surface area contributed by atoms with Crippen molar-refractivity contribution in [3.05, 3.63) is 86.0 Å². The molecule has 1 atom stereocenters. The largest absolute Gasteiger partial charge is 0.465 e. The highest BCUT2D eigenvalue weighted by Gasteiger charge is 2.45. The minimum atomic E-state index is -0.888. The van der Waals surface area contributed by atoms with Gasteiger partial charge in [-0.2, -0.15) is 0 Å². The quantitative estimate of drug-likeness (QED) is 0.394. The van der Waals surface area contributed by atoms with Gasteiger partial charge in [0.1, 0.15) is 16.4 Å². The van der Waals surface area contributed by atoms with Crippen LogP contribution in [0.4, 0.5) is 9.52 Å². The molecule has 0 radical (unpaired) electrons. The second-order valence-electron chi connectivity index (χ2n) is 7.73. The Hall–Kier alpha value is -3.92. The van der Waals surface area contributed by atoms with E-state index in [9.17, 15) is 18.8 Å². The summed E-state index contributed by atoms with van der Waals surface area (Å²) in [6.45, 7) is 2.01. The average molecular weight is 479 g/mol. The molecule has 0 unspecified atom stereocenters. The van der Waals surface area contributed by atoms with E-state index in [4.69, 9.17) is 9.15 Å². The van der Waals surface area contributed by atoms with Crippen LogP contribution < -0.4 is 10.3 Å². The van der Waals surface area contributed by atoms with Crippen molar-refractivity contribution in [1.82, 2.24) is 10.2 Å². The summed E-state index contributed by atoms with van der Waals surface area (Å²) in [7, 11) is 1.28. The molecular formula is C24H18FN3O5S. The number of ether oxygens (including phenoxy) is 1. The van der Waals surface area contributed by atoms with Gasteiger partial charge in [-0.1, -0.05) is 30.4 Å². The van der Waals surface area contributed by atoms with Crippen molar-refractivity contribution in [1.29, 1.82) is 0 Å². The predicted molar refractivity (Wildman–Crippen MR) is 123 cm³/mol. The molecule has 8 nitrogen and oxygen atoms in total. The molecule has 10 heteroatoms. The second-order valence-corrected chi connectivity index (χ2v) is 8.77. The first-order valence-electron chi connectivity index (χ1n) is 10.5. The van der Waals surface area contributed by atoms with Crippen LogP contribution in [-0.2, 0) is 11.2 Å². The number of esters is 1. The van der Waals surface area contributed by atoms with E-state index in [1.54, 1.807) is 24.3 Å². The van der Waals surface area contributed by atoms with Crippen molar-refractivity contribution in [2.45, 2.75) is 25.8 Å². The summed E-state index contributed by atoms with van der Waals surface area (Å²) in [4.78, 5) is 40.3. The second kappa shape index (κ2) is 8.45. The number of halogens is 1. The fourth-order valence-electron chi connectivity index (χ4n) is 4.03. The summed E-state index contributed by atoms with van der Waals surface area (Å²) < 4.78 is 24.5. The van der Waals surface area contributed by atoms with E-state index in [2.05, 4.69) is 10.2 Å². The van der Waals surface area contributed by atoms with Crippen LogP contribution >= 0.6 is 11.3 Å². The molecule has 2 aromatic carbocycles. The van der Waals surface area contributed by atoms with E-state index < -0.39 is 29.2 Å². The molecule has 0 saturated heterocycles. The molecule has 34 heavy (non-hydrogen) atoms. The number of anilines is 1. The van der Waals surface area contributed by atoms with Crippen molar-refractivity contribution >= 4 is 39.3 Å². The number of benzene rings is 2. The molecule has 4 aromatic rings. The average Bonchev–Trinajstić information content (AvgIpc) is 3.42. The number of aryl methyl sites for hydroxylation is 1. The predicted octanol–water partition coefficient (Wildman–Crippen LogP) is 4.27. The third-order valence-corrected chi connectivity index (χ3v) is 6.59. The normalized spacial score (nSPS) is 15.1. The standard InChI is InChI=1S/C24H18FN3O5S/c1-3-4-17-26-27-24(34-17)28-19(12-5-7-13(8-6-12)23(31)32-2)18-20(29)15-11-14(25)9-10-16(15)33-21(18)22(28)30/h5-11,19H,3-4H2,1-2H3/t19-/m0/s1. The van der Waals surface area contributed by atoms with E-state index in [0.717, 1.165) is 17.5 Å². The summed E-state index contributed by atoms with van der Waals surface area (Å²) in [6, 6.07) is 9.06. The monoisotopic (exact) mass is 479 g/mol. The van der Waals surface area contributed by atoms with Crippen LogP contribution in [0.15, 0.2) is 51.7 Å². The first-order valence-corrected chi connectivity index (χ1v) is 11.3. The molecule has 1 aliphatic heterocycles. The molecule has 0 N–H and O–H groups in total. The lowest BCUT2D eigenvalue weighted by Gasteiger charge is -2.22. The number of carbonyl (C=O) groups is 2. The van der Waals surface area contributed by atoms with Crippen LogP contribution in [-0.4, -0.2) is 29.2 Å². The molecule has 172 valence electrons. The van der Waals surface area contributed by atoms with Gasteiger partial charge in [-0.25, -0.2) is 9.18 Å². The zero-order valence-corrected chi connectivity index (χ0v) is 19.0. The minimum absolute atomic E-state index is 0.0357. The molecule has 0 aliphatic carbocycles. The number of rotatable bonds is 5. The topological polar surface area (TPSA) is 103 Å². The van der Waals surface area contributed by atoms with Crippen LogP contribution in [0.2, 0.25) is 0 Å². The Bertz CT molecular complexity index is 1500. The third-order valence-electron chi connectivity index (χ3n) is 5.61. The van der Waals surface area contributed by atoms with Gasteiger partial charge < -0.3 is 9.15 Å². The number of carbonyl (C=O) groups excluding carboxylic acids is 2. The number of hydrogen-bond donors (Lipinski definition) is 0. The maximum Gasteiger partial charge on any atom is 0.337 e. The molecule has 0 spiro atoms. The van der Waals surface area contributed by atoms with E-state index in [1.165, 1.54) is 35.5 Å². The van der Waals surface area contributed by atoms with Crippen LogP contribution in [0.25, 0.3) is 11.0 Å². The molecule has 0 saturated carbocycles. The third kappa shape index (κ3) is 3.47. The molecular weight excluding hydrogens is 461 g/mol. The lowest BCUT2D eigenvalue weighted by Crippen LogP contribution is -2.29. The molecule has 1 amide bonds. The Labute approximate surface area is 196 Å². The number of amides is 1. The van der Waals surface area contributed by atoms with Gasteiger partial charge in [-0.05, 0) is 42.3 Å². The fraction of sp³-hybridized carbons (Fsp3) is 0.208. The molecule has 3 heterocycles. The Balaban J connectivity index is 1.73. The highest BCUT2D eigenvalue weighted by atomic mass is 32.1. The number of methoxy groups -OCH3 is 1. The molecule has 1 aliphatic rings. The summed E-state index contributed by atoms with van der Waals surface area (Å²) in [5.41, 5.74) is 0.559. The van der Waals surface area contributed by atoms with E-state index in [-0.39, 0.29) is 22.3 Å². The zero-order chi connectivity index (χ0) is 24.0. The van der Waals surface area contributed by atoms with Gasteiger partial charge in [-0.3, -0.25) is 14.5 Å². The number of hydrogen-bond acceptors (Lipinski definition) is 8. The SMILES string of the molecule is CCCc1nnc(N2C(=O)c3oc4ccc(F)cc4c(=O)c3[C@@H]2c2ccc(C(=O)OC)cc2)s1. The van der Waals surface area contributed by atoms with Crippen LogP contribution in [0.1, 0.15) is 56.4 Å². The van der Waals surface area contributed by atoms with Gasteiger partial charge in [0.05, 0.1) is 29.7 Å². The van der Waals surface area contributed by atoms with Gasteiger partial charge in [-0.15, -0.1) is 10.2 Å². The zero-order valence-electron chi connectivity index (χ0n) is 18.2. The molecule has 0 fully saturated rings. The maximum atomic E-state index is 13.9. The van der Waals surface area contributed by atoms with Crippen molar-refractivity contribution in [3.63, 3.8) is 0 Å². The van der Waals surface area contributed by atoms with Gasteiger partial charge in [0.15, 0.2) is 5.43 Å². The Kier molecular flexibility index (Phi) is 5.45. The van der Waals surface area contributed by atoms with Gasteiger partial charge in [0.25, 0.3) is 5.91 Å². The van der Waals surface area contributed by atoms with Crippen LogP contribution in [0.5, 0.6) is 0 Å². The highest BCUT2D eigenvalue weighted by molar-refractivity contribution is 7.15. The summed E-state index contributed by atoms with van der Waals surface area (Å²) in [5.74, 6) is -1.77. The Morgan fingerprint density at radius 1 is 1.18 bits per heavy atom. The Morgan fingerprint density at radius 2 is 1.94 bits per heavy atom. The first kappa shape index (κ1) is 21.9. The highest BCUT2D eigenvalue weighted by Crippen LogP contribution is 2.42. The molecule has 0 bridgehead atoms. The van der Waals surface area contributed by atoms with Crippen molar-refractivity contribution < 1.29 is 23.1 Å². The maximum absolute atomic E-state index is 13.9. The van der Waals surface area contributed by atoms with Gasteiger partial charge in [0.2, 0.25) is 10.9 Å². The smallest absolute Gasteiger partial charge is 0.337 e. The van der Waals surface area contributed by atoms with E-state index in [0.29, 0.717) is 22.7 Å². The Morgan fingerprint density at radius 3 is 2.65 bits per heavy atom. The van der Waals surface area contributed by atoms with Crippen molar-refractivity contribution in [2.75, 3.05) is 12.0 Å². The summed E-state index contributed by atoms with van der Waals surface area (Å²) in [6.07, 6.45) is 1.56. The van der Waals surface area contributed by atoms with E-state index >= 15 is 0 Å². The van der Waals surface area contributed by atoms with E-state index in [1.807, 2.05) is 6.92 Å². The molecule has 5 rings (SSSR count). The van der Waals surface area contributed by atoms with Crippen LogP contribution in [0.3, 0.4) is 0 Å². The number of nitrogens with zero attached hydrogens (tertiary/aromatic N) is 3. The lowest BCUT2D eigenvalue weighted by atomic mass is 9.97. The summed E-state index contributed by atoms with van der Waals surface area (Å²) >= 11 is 1.26. The van der Waals surface area contributed by atoms with Gasteiger partial charge in [0, 0.05) is 6.42 Å². The fourth-order valence-corrected chi connectivity index (χ4v) is 5.00. The first-order chi connectivity index (χ1) is 16.4. The van der Waals surface area contributed by atoms with Crippen molar-refractivity contribution in [2.24, 2.45) is 0 Å². The molecule has 2 aromatic heterocycles. The summed E-state index contributed by atoms with van der Waals surface area (Å²) in [5, 5.41) is 9.47. The van der Waals surface area contributed by atoms with Crippen molar-refractivity contribution in [3.8, 4) is 0 Å².